The molecule has 1 saturated heterocycles. The van der Waals surface area contributed by atoms with E-state index < -0.39 is 28.6 Å². The molecule has 0 amide bonds. The van der Waals surface area contributed by atoms with Gasteiger partial charge in [0, 0.05) is 18.0 Å². The molecule has 5 nitrogen and oxygen atoms in total. The van der Waals surface area contributed by atoms with Crippen LogP contribution in [0.3, 0.4) is 0 Å². The highest BCUT2D eigenvalue weighted by Crippen LogP contribution is 2.46. The van der Waals surface area contributed by atoms with Crippen LogP contribution in [-0.2, 0) is 15.4 Å². The van der Waals surface area contributed by atoms with Gasteiger partial charge in [-0.3, -0.25) is 0 Å². The molecule has 3 aromatic carbocycles. The molecule has 0 spiro atoms. The average molecular weight is 435 g/mol. The molecule has 1 heterocycles. The van der Waals surface area contributed by atoms with Crippen LogP contribution in [-0.4, -0.2) is 42.5 Å². The van der Waals surface area contributed by atoms with Crippen molar-refractivity contribution in [2.45, 2.75) is 36.0 Å². The third-order valence-corrected chi connectivity index (χ3v) is 8.09. The molecule has 0 radical (unpaired) electrons. The van der Waals surface area contributed by atoms with Crippen molar-refractivity contribution >= 4 is 17.1 Å². The minimum Gasteiger partial charge on any atom is -0.427 e. The van der Waals surface area contributed by atoms with Crippen molar-refractivity contribution in [1.82, 2.24) is 4.31 Å². The fourth-order valence-electron chi connectivity index (χ4n) is 4.63. The molecule has 3 aromatic rings. The second kappa shape index (κ2) is 8.59. The van der Waals surface area contributed by atoms with Crippen molar-refractivity contribution in [1.29, 1.82) is 0 Å². The second-order valence-corrected chi connectivity index (χ2v) is 10.1. The molecular formula is C24H26BNO4S. The summed E-state index contributed by atoms with van der Waals surface area (Å²) in [6, 6.07) is 26.0. The number of nitrogens with zero attached hydrogens (tertiary/aromatic N) is 1. The van der Waals surface area contributed by atoms with Crippen LogP contribution in [0.25, 0.3) is 0 Å². The summed E-state index contributed by atoms with van der Waals surface area (Å²) in [6.07, 6.45) is 0.413. The first-order valence-electron chi connectivity index (χ1n) is 10.4. The summed E-state index contributed by atoms with van der Waals surface area (Å²) in [7, 11) is -5.42. The molecule has 0 saturated carbocycles. The topological polar surface area (TPSA) is 77.8 Å². The predicted molar refractivity (Wildman–Crippen MR) is 122 cm³/mol. The number of rotatable bonds is 6. The first-order valence-corrected chi connectivity index (χ1v) is 11.8. The quantitative estimate of drug-likeness (QED) is 0.583. The van der Waals surface area contributed by atoms with Gasteiger partial charge in [0.05, 0.1) is 4.90 Å². The molecule has 7 heteroatoms. The smallest absolute Gasteiger partial charge is 0.427 e. The van der Waals surface area contributed by atoms with Crippen molar-refractivity contribution in [3.8, 4) is 0 Å². The number of aryl methyl sites for hydroxylation is 1. The largest absolute Gasteiger partial charge is 0.453 e. The molecule has 1 fully saturated rings. The Morgan fingerprint density at radius 1 is 0.903 bits per heavy atom. The summed E-state index contributed by atoms with van der Waals surface area (Å²) in [6.45, 7) is 2.14. The van der Waals surface area contributed by atoms with E-state index >= 15 is 0 Å². The lowest BCUT2D eigenvalue weighted by Crippen LogP contribution is -2.39. The van der Waals surface area contributed by atoms with Gasteiger partial charge in [0.25, 0.3) is 0 Å². The highest BCUT2D eigenvalue weighted by molar-refractivity contribution is 7.89. The molecule has 1 aliphatic heterocycles. The van der Waals surface area contributed by atoms with Crippen molar-refractivity contribution < 1.29 is 18.5 Å². The Bertz CT molecular complexity index is 1080. The summed E-state index contributed by atoms with van der Waals surface area (Å²) in [4.78, 5) is 0.215. The van der Waals surface area contributed by atoms with E-state index in [1.54, 1.807) is 24.3 Å². The average Bonchev–Trinajstić information content (AvgIpc) is 3.16. The third-order valence-electron chi connectivity index (χ3n) is 6.18. The van der Waals surface area contributed by atoms with Crippen molar-refractivity contribution in [2.75, 3.05) is 6.54 Å². The van der Waals surface area contributed by atoms with E-state index in [4.69, 9.17) is 0 Å². The summed E-state index contributed by atoms with van der Waals surface area (Å²) in [5, 5.41) is 19.5. The maximum Gasteiger partial charge on any atom is 0.453 e. The fraction of sp³-hybridized carbons (Fsp3) is 0.250. The van der Waals surface area contributed by atoms with Crippen LogP contribution >= 0.6 is 0 Å². The zero-order chi connectivity index (χ0) is 22.1. The van der Waals surface area contributed by atoms with E-state index in [1.807, 2.05) is 67.6 Å². The molecule has 31 heavy (non-hydrogen) atoms. The summed E-state index contributed by atoms with van der Waals surface area (Å²) in [5.74, 6) is 0. The van der Waals surface area contributed by atoms with Gasteiger partial charge in [0.15, 0.2) is 0 Å². The molecule has 4 rings (SSSR count). The van der Waals surface area contributed by atoms with Crippen LogP contribution in [0, 0.1) is 6.92 Å². The monoisotopic (exact) mass is 435 g/mol. The Hall–Kier alpha value is -2.45. The van der Waals surface area contributed by atoms with Gasteiger partial charge >= 0.3 is 7.12 Å². The number of sulfonamides is 1. The Kier molecular flexibility index (Phi) is 6.04. The van der Waals surface area contributed by atoms with E-state index in [0.717, 1.165) is 16.7 Å². The first kappa shape index (κ1) is 21.8. The Morgan fingerprint density at radius 3 is 1.90 bits per heavy atom. The first-order chi connectivity index (χ1) is 14.8. The third kappa shape index (κ3) is 4.19. The Morgan fingerprint density at radius 2 is 1.42 bits per heavy atom. The van der Waals surface area contributed by atoms with E-state index in [1.165, 1.54) is 4.31 Å². The number of hydrogen-bond donors (Lipinski definition) is 2. The maximum absolute atomic E-state index is 13.7. The van der Waals surface area contributed by atoms with Gasteiger partial charge < -0.3 is 10.0 Å². The highest BCUT2D eigenvalue weighted by atomic mass is 32.2. The standard InChI is InChI=1S/C24H26BNO4S/c1-19-12-14-23(15-13-19)31(29,30)26-18-24(16-22(26)17-25(27)28,20-8-4-2-5-9-20)21-10-6-3-7-11-21/h2-15,22,27-28H,16-18H2,1H3. The Labute approximate surface area is 184 Å². The van der Waals surface area contributed by atoms with E-state index in [-0.39, 0.29) is 17.8 Å². The van der Waals surface area contributed by atoms with Gasteiger partial charge in [-0.1, -0.05) is 78.4 Å². The van der Waals surface area contributed by atoms with Crippen molar-refractivity contribution in [3.63, 3.8) is 0 Å². The minimum atomic E-state index is -3.83. The summed E-state index contributed by atoms with van der Waals surface area (Å²) in [5.41, 5.74) is 2.42. The Balaban J connectivity index is 1.85. The fourth-order valence-corrected chi connectivity index (χ4v) is 6.33. The molecule has 0 aromatic heterocycles. The molecule has 160 valence electrons. The lowest BCUT2D eigenvalue weighted by Gasteiger charge is -2.30. The zero-order valence-electron chi connectivity index (χ0n) is 17.4. The molecule has 1 aliphatic rings. The van der Waals surface area contributed by atoms with Crippen LogP contribution < -0.4 is 0 Å². The van der Waals surface area contributed by atoms with Gasteiger partial charge in [-0.2, -0.15) is 4.31 Å². The molecular weight excluding hydrogens is 409 g/mol. The minimum absolute atomic E-state index is 0.0491. The lowest BCUT2D eigenvalue weighted by atomic mass is 9.70. The van der Waals surface area contributed by atoms with Crippen molar-refractivity contribution in [3.05, 3.63) is 102 Å². The lowest BCUT2D eigenvalue weighted by molar-refractivity contribution is 0.358. The zero-order valence-corrected chi connectivity index (χ0v) is 18.2. The maximum atomic E-state index is 13.7. The van der Waals surface area contributed by atoms with Gasteiger partial charge in [-0.25, -0.2) is 8.42 Å². The van der Waals surface area contributed by atoms with Gasteiger partial charge in [-0.05, 0) is 42.9 Å². The van der Waals surface area contributed by atoms with Crippen LogP contribution in [0.15, 0.2) is 89.8 Å². The van der Waals surface area contributed by atoms with E-state index in [0.29, 0.717) is 6.42 Å². The van der Waals surface area contributed by atoms with Gasteiger partial charge in [-0.15, -0.1) is 0 Å². The van der Waals surface area contributed by atoms with Crippen LogP contribution in [0.2, 0.25) is 6.32 Å². The van der Waals surface area contributed by atoms with Crippen LogP contribution in [0.5, 0.6) is 0 Å². The summed E-state index contributed by atoms with van der Waals surface area (Å²) < 4.78 is 28.8. The second-order valence-electron chi connectivity index (χ2n) is 8.25. The van der Waals surface area contributed by atoms with Crippen LogP contribution in [0.4, 0.5) is 0 Å². The molecule has 2 N–H and O–H groups in total. The SMILES string of the molecule is Cc1ccc(S(=O)(=O)N2CC(c3ccccc3)(c3ccccc3)CC2CB(O)O)cc1. The molecule has 0 bridgehead atoms. The summed E-state index contributed by atoms with van der Waals surface area (Å²) >= 11 is 0. The van der Waals surface area contributed by atoms with Gasteiger partial charge in [0.1, 0.15) is 0 Å². The molecule has 1 atom stereocenters. The van der Waals surface area contributed by atoms with E-state index in [9.17, 15) is 18.5 Å². The normalized spacial score (nSPS) is 18.7. The van der Waals surface area contributed by atoms with Crippen LogP contribution in [0.1, 0.15) is 23.1 Å². The number of hydrogen-bond acceptors (Lipinski definition) is 4. The molecule has 0 aliphatic carbocycles. The van der Waals surface area contributed by atoms with Gasteiger partial charge in [0.2, 0.25) is 10.0 Å². The highest BCUT2D eigenvalue weighted by Gasteiger charge is 2.51. The van der Waals surface area contributed by atoms with Crippen molar-refractivity contribution in [2.24, 2.45) is 0 Å². The molecule has 1 unspecified atom stereocenters. The van der Waals surface area contributed by atoms with E-state index in [2.05, 4.69) is 0 Å². The predicted octanol–water partition coefficient (Wildman–Crippen LogP) is 3.22. The number of benzene rings is 3.